The van der Waals surface area contributed by atoms with E-state index in [0.29, 0.717) is 12.5 Å². The number of hydrogen-bond acceptors (Lipinski definition) is 2. The minimum atomic E-state index is 0.352. The summed E-state index contributed by atoms with van der Waals surface area (Å²) in [6.45, 7) is 4.91. The molecule has 0 fully saturated rings. The fraction of sp³-hybridized carbons (Fsp3) is 0.923. The lowest BCUT2D eigenvalue weighted by atomic mass is 9.98. The Morgan fingerprint density at radius 3 is 2.27 bits per heavy atom. The molecule has 1 nitrogen and oxygen atoms in total. The third kappa shape index (κ3) is 10.6. The van der Waals surface area contributed by atoms with Crippen LogP contribution in [0.15, 0.2) is 0 Å². The molecule has 0 aromatic carbocycles. The summed E-state index contributed by atoms with van der Waals surface area (Å²) in [4.78, 5) is 0. The molecule has 0 aliphatic rings. The van der Waals surface area contributed by atoms with Crippen LogP contribution in [-0.2, 0) is 0 Å². The highest BCUT2D eigenvalue weighted by Crippen LogP contribution is 2.17. The minimum Gasteiger partial charge on any atom is -0.396 e. The van der Waals surface area contributed by atoms with Crippen molar-refractivity contribution >= 4 is 11.8 Å². The Kier molecular flexibility index (Phi) is 11.0. The van der Waals surface area contributed by atoms with Gasteiger partial charge in [-0.15, -0.1) is 0 Å². The van der Waals surface area contributed by atoms with E-state index < -0.39 is 0 Å². The van der Waals surface area contributed by atoms with Crippen LogP contribution in [0.2, 0.25) is 0 Å². The second kappa shape index (κ2) is 10.8. The average Bonchev–Trinajstić information content (AvgIpc) is 2.21. The Bertz CT molecular complexity index is 126. The molecule has 0 amide bonds. The first-order valence-corrected chi connectivity index (χ1v) is 7.34. The zero-order valence-electron chi connectivity index (χ0n) is 10.4. The SMILES string of the molecule is [CH2]SCC[C@@H](CO)CCCCCC(C)C. The molecule has 91 valence electrons. The molecule has 0 aromatic heterocycles. The maximum atomic E-state index is 9.17. The topological polar surface area (TPSA) is 20.2 Å². The van der Waals surface area contributed by atoms with Crippen LogP contribution in [0.4, 0.5) is 0 Å². The zero-order valence-corrected chi connectivity index (χ0v) is 11.2. The molecule has 0 spiro atoms. The number of aliphatic hydroxyl groups excluding tert-OH is 1. The first kappa shape index (κ1) is 15.3. The predicted molar refractivity (Wildman–Crippen MR) is 70.9 cm³/mol. The van der Waals surface area contributed by atoms with Crippen molar-refractivity contribution in [2.75, 3.05) is 12.4 Å². The van der Waals surface area contributed by atoms with Gasteiger partial charge >= 0.3 is 0 Å². The monoisotopic (exact) mass is 231 g/mol. The van der Waals surface area contributed by atoms with Gasteiger partial charge < -0.3 is 5.11 Å². The molecule has 0 rings (SSSR count). The first-order chi connectivity index (χ1) is 7.20. The molecule has 0 bridgehead atoms. The van der Waals surface area contributed by atoms with Crippen LogP contribution < -0.4 is 0 Å². The normalized spacial score (nSPS) is 13.4. The highest BCUT2D eigenvalue weighted by atomic mass is 32.2. The zero-order chi connectivity index (χ0) is 11.5. The Hall–Kier alpha value is 0.310. The van der Waals surface area contributed by atoms with Gasteiger partial charge in [-0.1, -0.05) is 39.5 Å². The van der Waals surface area contributed by atoms with Crippen molar-refractivity contribution < 1.29 is 5.11 Å². The van der Waals surface area contributed by atoms with Crippen LogP contribution in [0.3, 0.4) is 0 Å². The Balaban J connectivity index is 3.30. The lowest BCUT2D eigenvalue weighted by Crippen LogP contribution is -2.07. The number of unbranched alkanes of at least 4 members (excludes halogenated alkanes) is 2. The molecular weight excluding hydrogens is 204 g/mol. The van der Waals surface area contributed by atoms with Crippen molar-refractivity contribution in [3.05, 3.63) is 6.26 Å². The van der Waals surface area contributed by atoms with E-state index in [9.17, 15) is 0 Å². The van der Waals surface area contributed by atoms with E-state index in [1.165, 1.54) is 32.1 Å². The molecule has 15 heavy (non-hydrogen) atoms. The first-order valence-electron chi connectivity index (χ1n) is 6.18. The molecule has 1 atom stereocenters. The molecule has 0 aliphatic heterocycles. The van der Waals surface area contributed by atoms with Crippen LogP contribution in [0.5, 0.6) is 0 Å². The van der Waals surface area contributed by atoms with Gasteiger partial charge in [-0.05, 0) is 30.4 Å². The predicted octanol–water partition coefficient (Wildman–Crippen LogP) is 4.12. The molecule has 0 heterocycles. The van der Waals surface area contributed by atoms with E-state index >= 15 is 0 Å². The number of hydrogen-bond donors (Lipinski definition) is 1. The van der Waals surface area contributed by atoms with Crippen molar-refractivity contribution in [2.45, 2.75) is 52.4 Å². The molecule has 1 N–H and O–H groups in total. The fourth-order valence-electron chi connectivity index (χ4n) is 1.74. The van der Waals surface area contributed by atoms with E-state index in [1.54, 1.807) is 11.8 Å². The van der Waals surface area contributed by atoms with E-state index in [-0.39, 0.29) is 0 Å². The van der Waals surface area contributed by atoms with Crippen molar-refractivity contribution in [3.63, 3.8) is 0 Å². The van der Waals surface area contributed by atoms with Crippen LogP contribution in [-0.4, -0.2) is 17.5 Å². The van der Waals surface area contributed by atoms with Crippen LogP contribution in [0, 0.1) is 18.1 Å². The van der Waals surface area contributed by atoms with Crippen molar-refractivity contribution in [2.24, 2.45) is 11.8 Å². The maximum absolute atomic E-state index is 9.17. The van der Waals surface area contributed by atoms with Gasteiger partial charge in [0.1, 0.15) is 0 Å². The van der Waals surface area contributed by atoms with E-state index in [1.807, 2.05) is 0 Å². The summed E-state index contributed by atoms with van der Waals surface area (Å²) in [6.07, 6.45) is 11.4. The molecule has 0 aromatic rings. The smallest absolute Gasteiger partial charge is 0.0459 e. The molecule has 0 aliphatic carbocycles. The van der Waals surface area contributed by atoms with E-state index in [2.05, 4.69) is 20.1 Å². The van der Waals surface area contributed by atoms with Gasteiger partial charge in [0.05, 0.1) is 0 Å². The van der Waals surface area contributed by atoms with Crippen molar-refractivity contribution in [3.8, 4) is 0 Å². The second-order valence-electron chi connectivity index (χ2n) is 4.78. The highest BCUT2D eigenvalue weighted by molar-refractivity contribution is 8.00. The Morgan fingerprint density at radius 2 is 1.73 bits per heavy atom. The summed E-state index contributed by atoms with van der Waals surface area (Å²) in [6, 6.07) is 0. The van der Waals surface area contributed by atoms with Crippen molar-refractivity contribution in [1.82, 2.24) is 0 Å². The third-order valence-corrected chi connectivity index (χ3v) is 3.35. The molecule has 0 saturated heterocycles. The molecule has 2 heteroatoms. The van der Waals surface area contributed by atoms with Crippen LogP contribution in [0.1, 0.15) is 52.4 Å². The van der Waals surface area contributed by atoms with Crippen LogP contribution in [0.25, 0.3) is 0 Å². The van der Waals surface area contributed by atoms with Gasteiger partial charge in [0.15, 0.2) is 0 Å². The van der Waals surface area contributed by atoms with Gasteiger partial charge in [-0.2, -0.15) is 11.8 Å². The van der Waals surface area contributed by atoms with Crippen molar-refractivity contribution in [1.29, 1.82) is 0 Å². The molecule has 0 unspecified atom stereocenters. The summed E-state index contributed by atoms with van der Waals surface area (Å²) in [7, 11) is 0. The number of rotatable bonds is 10. The number of aliphatic hydroxyl groups is 1. The average molecular weight is 231 g/mol. The largest absolute Gasteiger partial charge is 0.396 e. The van der Waals surface area contributed by atoms with Gasteiger partial charge in [-0.3, -0.25) is 0 Å². The minimum absolute atomic E-state index is 0.352. The quantitative estimate of drug-likeness (QED) is 0.571. The van der Waals surface area contributed by atoms with Gasteiger partial charge in [0, 0.05) is 12.9 Å². The summed E-state index contributed by atoms with van der Waals surface area (Å²) < 4.78 is 0. The molecular formula is C13H27OS. The van der Waals surface area contributed by atoms with Gasteiger partial charge in [0.2, 0.25) is 0 Å². The second-order valence-corrected chi connectivity index (χ2v) is 5.59. The third-order valence-electron chi connectivity index (χ3n) is 2.82. The lowest BCUT2D eigenvalue weighted by Gasteiger charge is -2.13. The summed E-state index contributed by atoms with van der Waals surface area (Å²) in [5.74, 6) is 2.43. The van der Waals surface area contributed by atoms with E-state index in [0.717, 1.165) is 18.1 Å². The Labute approximate surface area is 100 Å². The lowest BCUT2D eigenvalue weighted by molar-refractivity contribution is 0.212. The number of thioether (sulfide) groups is 1. The van der Waals surface area contributed by atoms with E-state index in [4.69, 9.17) is 5.11 Å². The fourth-order valence-corrected chi connectivity index (χ4v) is 2.24. The molecule has 1 radical (unpaired) electrons. The highest BCUT2D eigenvalue weighted by Gasteiger charge is 2.06. The summed E-state index contributed by atoms with van der Waals surface area (Å²) in [5, 5.41) is 9.17. The van der Waals surface area contributed by atoms with Crippen LogP contribution >= 0.6 is 11.8 Å². The standard InChI is InChI=1S/C13H27OS/c1-12(2)7-5-4-6-8-13(11-14)9-10-15-3/h12-14H,3-11H2,1-2H3/t13-/m0/s1. The maximum Gasteiger partial charge on any atom is 0.0459 e. The van der Waals surface area contributed by atoms with Gasteiger partial charge in [0.25, 0.3) is 0 Å². The molecule has 0 saturated carbocycles. The summed E-state index contributed by atoms with van der Waals surface area (Å²) in [5.41, 5.74) is 0. The Morgan fingerprint density at radius 1 is 1.07 bits per heavy atom. The van der Waals surface area contributed by atoms with Gasteiger partial charge in [-0.25, -0.2) is 0 Å². The summed E-state index contributed by atoms with van der Waals surface area (Å²) >= 11 is 1.63.